The summed E-state index contributed by atoms with van der Waals surface area (Å²) in [6.45, 7) is 10.6. The Hall–Kier alpha value is -0.380. The summed E-state index contributed by atoms with van der Waals surface area (Å²) in [6.07, 6.45) is 0.0531. The predicted octanol–water partition coefficient (Wildman–Crippen LogP) is 0.912. The van der Waals surface area contributed by atoms with Gasteiger partial charge in [-0.3, -0.25) is 4.79 Å². The third kappa shape index (κ3) is 19.7. The molecule has 1 amide bonds. The van der Waals surface area contributed by atoms with E-state index in [1.54, 1.807) is 0 Å². The third-order valence-electron chi connectivity index (χ3n) is 2.59. The molecule has 0 radical (unpaired) electrons. The molecule has 0 bridgehead atoms. The van der Waals surface area contributed by atoms with E-state index in [0.29, 0.717) is 59.4 Å². The van der Waals surface area contributed by atoms with Gasteiger partial charge in [0.25, 0.3) is 0 Å². The zero-order chi connectivity index (χ0) is 18.0. The first-order chi connectivity index (χ1) is 11.5. The summed E-state index contributed by atoms with van der Waals surface area (Å²) in [7, 11) is 0. The SMILES string of the molecule is CC(S)COCCOCCOCCOCCNC(=O)COC(C)C. The van der Waals surface area contributed by atoms with E-state index in [1.807, 2.05) is 20.8 Å². The lowest BCUT2D eigenvalue weighted by molar-refractivity contribution is -0.127. The molecule has 1 atom stereocenters. The van der Waals surface area contributed by atoms with Gasteiger partial charge in [-0.25, -0.2) is 0 Å². The van der Waals surface area contributed by atoms with Gasteiger partial charge in [-0.2, -0.15) is 12.6 Å². The third-order valence-corrected chi connectivity index (χ3v) is 2.74. The molecule has 0 rings (SSSR count). The Kier molecular flexibility index (Phi) is 17.2. The molecule has 0 aliphatic carbocycles. The van der Waals surface area contributed by atoms with Crippen LogP contribution in [0.3, 0.4) is 0 Å². The lowest BCUT2D eigenvalue weighted by atomic mass is 10.5. The van der Waals surface area contributed by atoms with E-state index in [9.17, 15) is 4.79 Å². The lowest BCUT2D eigenvalue weighted by Crippen LogP contribution is -2.31. The van der Waals surface area contributed by atoms with Crippen LogP contribution in [0.25, 0.3) is 0 Å². The van der Waals surface area contributed by atoms with E-state index in [0.717, 1.165) is 0 Å². The van der Waals surface area contributed by atoms with E-state index in [1.165, 1.54) is 0 Å². The zero-order valence-electron chi connectivity index (χ0n) is 15.1. The molecule has 8 heteroatoms. The first kappa shape index (κ1) is 23.6. The monoisotopic (exact) mass is 367 g/mol. The molecular formula is C16H33NO6S. The van der Waals surface area contributed by atoms with Crippen LogP contribution in [0.1, 0.15) is 20.8 Å². The molecule has 0 aliphatic rings. The van der Waals surface area contributed by atoms with Gasteiger partial charge in [-0.15, -0.1) is 0 Å². The minimum atomic E-state index is -0.131. The van der Waals surface area contributed by atoms with Gasteiger partial charge in [0.1, 0.15) is 6.61 Å². The van der Waals surface area contributed by atoms with Gasteiger partial charge >= 0.3 is 0 Å². The van der Waals surface area contributed by atoms with Gasteiger partial charge < -0.3 is 29.0 Å². The summed E-state index contributed by atoms with van der Waals surface area (Å²) < 4.78 is 26.6. The number of nitrogens with one attached hydrogen (secondary N) is 1. The second kappa shape index (κ2) is 17.4. The largest absolute Gasteiger partial charge is 0.378 e. The first-order valence-electron chi connectivity index (χ1n) is 8.39. The Bertz CT molecular complexity index is 292. The van der Waals surface area contributed by atoms with Crippen molar-refractivity contribution in [2.75, 3.05) is 66.0 Å². The molecule has 24 heavy (non-hydrogen) atoms. The number of rotatable bonds is 17. The molecule has 1 N–H and O–H groups in total. The Morgan fingerprint density at radius 2 is 1.38 bits per heavy atom. The van der Waals surface area contributed by atoms with Crippen molar-refractivity contribution < 1.29 is 28.5 Å². The maximum Gasteiger partial charge on any atom is 0.246 e. The molecule has 0 fully saturated rings. The van der Waals surface area contributed by atoms with Crippen molar-refractivity contribution in [1.29, 1.82) is 0 Å². The normalized spacial score (nSPS) is 12.5. The Morgan fingerprint density at radius 3 is 1.88 bits per heavy atom. The number of ether oxygens (including phenoxy) is 5. The summed E-state index contributed by atoms with van der Waals surface area (Å²) in [5, 5.41) is 2.96. The van der Waals surface area contributed by atoms with Crippen molar-refractivity contribution in [2.24, 2.45) is 0 Å². The highest BCUT2D eigenvalue weighted by molar-refractivity contribution is 7.80. The van der Waals surface area contributed by atoms with Crippen LogP contribution in [0.5, 0.6) is 0 Å². The second-order valence-electron chi connectivity index (χ2n) is 5.47. The summed E-state index contributed by atoms with van der Waals surface area (Å²) in [6, 6.07) is 0. The molecule has 1 unspecified atom stereocenters. The first-order valence-corrected chi connectivity index (χ1v) is 8.91. The molecule has 0 aromatic heterocycles. The van der Waals surface area contributed by atoms with Gasteiger partial charge in [-0.05, 0) is 13.8 Å². The van der Waals surface area contributed by atoms with Crippen LogP contribution in [0.4, 0.5) is 0 Å². The van der Waals surface area contributed by atoms with E-state index in [-0.39, 0.29) is 23.9 Å². The number of carbonyl (C=O) groups excluding carboxylic acids is 1. The predicted molar refractivity (Wildman–Crippen MR) is 95.8 cm³/mol. The Morgan fingerprint density at radius 1 is 0.875 bits per heavy atom. The molecule has 0 aromatic rings. The number of hydrogen-bond donors (Lipinski definition) is 2. The molecule has 0 saturated carbocycles. The van der Waals surface area contributed by atoms with Crippen molar-refractivity contribution in [1.82, 2.24) is 5.32 Å². The molecule has 144 valence electrons. The highest BCUT2D eigenvalue weighted by atomic mass is 32.1. The minimum Gasteiger partial charge on any atom is -0.378 e. The van der Waals surface area contributed by atoms with Crippen LogP contribution in [-0.4, -0.2) is 83.3 Å². The van der Waals surface area contributed by atoms with Crippen molar-refractivity contribution in [3.8, 4) is 0 Å². The highest BCUT2D eigenvalue weighted by Crippen LogP contribution is 1.92. The average Bonchev–Trinajstić information content (AvgIpc) is 2.52. The lowest BCUT2D eigenvalue weighted by Gasteiger charge is -2.09. The molecule has 0 aromatic carbocycles. The van der Waals surface area contributed by atoms with Crippen LogP contribution in [0.15, 0.2) is 0 Å². The number of hydrogen-bond acceptors (Lipinski definition) is 7. The fourth-order valence-corrected chi connectivity index (χ4v) is 1.58. The van der Waals surface area contributed by atoms with Crippen LogP contribution >= 0.6 is 12.6 Å². The summed E-state index contributed by atoms with van der Waals surface area (Å²) >= 11 is 4.21. The molecule has 7 nitrogen and oxygen atoms in total. The fourth-order valence-electron chi connectivity index (χ4n) is 1.47. The van der Waals surface area contributed by atoms with Crippen LogP contribution in [0, 0.1) is 0 Å². The maximum absolute atomic E-state index is 11.3. The van der Waals surface area contributed by atoms with E-state index >= 15 is 0 Å². The number of thiol groups is 1. The number of amides is 1. The fraction of sp³-hybridized carbons (Fsp3) is 0.938. The molecule has 0 aliphatic heterocycles. The standard InChI is InChI=1S/C16H33NO6S/c1-14(2)23-13-16(18)17-4-5-19-6-7-20-8-9-21-10-11-22-12-15(3)24/h14-15,24H,4-13H2,1-3H3,(H,17,18). The van der Waals surface area contributed by atoms with E-state index in [2.05, 4.69) is 17.9 Å². The van der Waals surface area contributed by atoms with Crippen molar-refractivity contribution in [3.05, 3.63) is 0 Å². The van der Waals surface area contributed by atoms with Gasteiger partial charge in [0.2, 0.25) is 5.91 Å². The molecule has 0 spiro atoms. The average molecular weight is 368 g/mol. The van der Waals surface area contributed by atoms with E-state index < -0.39 is 0 Å². The van der Waals surface area contributed by atoms with Gasteiger partial charge in [0.15, 0.2) is 0 Å². The van der Waals surface area contributed by atoms with Crippen molar-refractivity contribution >= 4 is 18.5 Å². The van der Waals surface area contributed by atoms with Crippen LogP contribution in [0.2, 0.25) is 0 Å². The maximum atomic E-state index is 11.3. The zero-order valence-corrected chi connectivity index (χ0v) is 16.0. The smallest absolute Gasteiger partial charge is 0.246 e. The quantitative estimate of drug-likeness (QED) is 0.294. The molecule has 0 heterocycles. The number of carbonyl (C=O) groups is 1. The Labute approximate surface area is 151 Å². The molecule has 0 saturated heterocycles. The highest BCUT2D eigenvalue weighted by Gasteiger charge is 2.02. The van der Waals surface area contributed by atoms with E-state index in [4.69, 9.17) is 23.7 Å². The second-order valence-corrected chi connectivity index (χ2v) is 6.35. The van der Waals surface area contributed by atoms with Crippen molar-refractivity contribution in [2.45, 2.75) is 32.1 Å². The van der Waals surface area contributed by atoms with Gasteiger partial charge in [0, 0.05) is 11.8 Å². The van der Waals surface area contributed by atoms with Gasteiger partial charge in [0.05, 0.1) is 59.0 Å². The van der Waals surface area contributed by atoms with Gasteiger partial charge in [-0.1, -0.05) is 6.92 Å². The minimum absolute atomic E-state index is 0.0531. The Balaban J connectivity index is 3.11. The van der Waals surface area contributed by atoms with Crippen LogP contribution in [-0.2, 0) is 28.5 Å². The summed E-state index contributed by atoms with van der Waals surface area (Å²) in [5.41, 5.74) is 0. The molecular weight excluding hydrogens is 334 g/mol. The van der Waals surface area contributed by atoms with Crippen molar-refractivity contribution in [3.63, 3.8) is 0 Å². The summed E-state index contributed by atoms with van der Waals surface area (Å²) in [5.74, 6) is -0.131. The topological polar surface area (TPSA) is 75.3 Å². The van der Waals surface area contributed by atoms with Crippen LogP contribution < -0.4 is 5.32 Å². The summed E-state index contributed by atoms with van der Waals surface area (Å²) in [4.78, 5) is 11.3.